The average Bonchev–Trinajstić information content (AvgIpc) is 1.35. The molecule has 0 aromatic heterocycles. The van der Waals surface area contributed by atoms with Crippen LogP contribution < -0.4 is 0 Å². The van der Waals surface area contributed by atoms with Gasteiger partial charge in [-0.2, -0.15) is 0 Å². The Bertz CT molecular complexity index is 47.9. The number of hydrogen-bond acceptors (Lipinski definition) is 1. The summed E-state index contributed by atoms with van der Waals surface area (Å²) >= 11 is 0. The molecule has 0 unspecified atom stereocenters. The lowest BCUT2D eigenvalue weighted by atomic mass is 10.3. The minimum absolute atomic E-state index is 0.227. The van der Waals surface area contributed by atoms with Gasteiger partial charge in [-0.05, 0) is 13.3 Å². The molecule has 0 aromatic rings. The second kappa shape index (κ2) is 2.88. The molecule has 0 atom stereocenters. The lowest BCUT2D eigenvalue weighted by molar-refractivity contribution is -0.116. The smallest absolute Gasteiger partial charge is 0.129 e. The third-order valence-corrected chi connectivity index (χ3v) is 0.529. The van der Waals surface area contributed by atoms with Crippen LogP contribution in [0.2, 0.25) is 0 Å². The number of rotatable bonds is 2. The molecule has 0 N–H and O–H groups in total. The van der Waals surface area contributed by atoms with E-state index >= 15 is 0 Å². The summed E-state index contributed by atoms with van der Waals surface area (Å²) in [5.74, 6) is 0.227. The molecule has 0 amide bonds. The Kier molecular flexibility index (Phi) is 2.73. The van der Waals surface area contributed by atoms with Gasteiger partial charge < -0.3 is 4.79 Å². The molecular formula is C5H9O. The molecule has 0 aromatic carbocycles. The van der Waals surface area contributed by atoms with Crippen molar-refractivity contribution in [3.05, 3.63) is 6.92 Å². The number of Topliss-reactive ketones (excluding diaryl/α,β-unsaturated/α-hetero) is 1. The van der Waals surface area contributed by atoms with Gasteiger partial charge in [-0.25, -0.2) is 0 Å². The van der Waals surface area contributed by atoms with E-state index in [0.717, 1.165) is 6.42 Å². The van der Waals surface area contributed by atoms with Crippen molar-refractivity contribution in [1.82, 2.24) is 0 Å². The SMILES string of the molecule is [CH2]CCC(C)=O. The highest BCUT2D eigenvalue weighted by Crippen LogP contribution is 1.83. The van der Waals surface area contributed by atoms with Crippen LogP contribution in [0, 0.1) is 6.92 Å². The number of carbonyl (C=O) groups excluding carboxylic acids is 1. The van der Waals surface area contributed by atoms with E-state index in [9.17, 15) is 4.79 Å². The summed E-state index contributed by atoms with van der Waals surface area (Å²) in [6.07, 6.45) is 1.36. The largest absolute Gasteiger partial charge is 0.300 e. The van der Waals surface area contributed by atoms with Gasteiger partial charge in [0.25, 0.3) is 0 Å². The van der Waals surface area contributed by atoms with E-state index in [0.29, 0.717) is 6.42 Å². The molecule has 0 rings (SSSR count). The molecule has 0 heterocycles. The summed E-state index contributed by atoms with van der Waals surface area (Å²) in [6.45, 7) is 5.08. The third-order valence-electron chi connectivity index (χ3n) is 0.529. The van der Waals surface area contributed by atoms with Crippen LogP contribution in [0.1, 0.15) is 19.8 Å². The van der Waals surface area contributed by atoms with Crippen LogP contribution in [0.4, 0.5) is 0 Å². The van der Waals surface area contributed by atoms with Crippen LogP contribution in [-0.2, 0) is 4.79 Å². The molecule has 6 heavy (non-hydrogen) atoms. The van der Waals surface area contributed by atoms with Gasteiger partial charge in [0.2, 0.25) is 0 Å². The normalized spacial score (nSPS) is 8.33. The molecule has 0 saturated carbocycles. The quantitative estimate of drug-likeness (QED) is 0.492. The zero-order chi connectivity index (χ0) is 4.99. The minimum Gasteiger partial charge on any atom is -0.300 e. The molecule has 0 aliphatic rings. The molecule has 0 saturated heterocycles. The molecule has 1 nitrogen and oxygen atoms in total. The van der Waals surface area contributed by atoms with Crippen LogP contribution in [0.15, 0.2) is 0 Å². The Labute approximate surface area is 38.4 Å². The minimum atomic E-state index is 0.227. The van der Waals surface area contributed by atoms with Crippen molar-refractivity contribution in [2.24, 2.45) is 0 Å². The Morgan fingerprint density at radius 3 is 2.33 bits per heavy atom. The van der Waals surface area contributed by atoms with E-state index in [1.807, 2.05) is 0 Å². The first-order valence-corrected chi connectivity index (χ1v) is 2.06. The second-order valence-electron chi connectivity index (χ2n) is 1.31. The number of ketones is 1. The average molecular weight is 85.1 g/mol. The summed E-state index contributed by atoms with van der Waals surface area (Å²) in [4.78, 5) is 10.0. The molecule has 35 valence electrons. The molecule has 0 aliphatic heterocycles. The molecule has 1 radical (unpaired) electrons. The fourth-order valence-electron chi connectivity index (χ4n) is 0.249. The van der Waals surface area contributed by atoms with E-state index < -0.39 is 0 Å². The van der Waals surface area contributed by atoms with E-state index in [-0.39, 0.29) is 5.78 Å². The maximum absolute atomic E-state index is 10.0. The molecule has 1 heteroatoms. The van der Waals surface area contributed by atoms with Crippen LogP contribution in [0.5, 0.6) is 0 Å². The van der Waals surface area contributed by atoms with Gasteiger partial charge in [-0.3, -0.25) is 0 Å². The van der Waals surface area contributed by atoms with Crippen molar-refractivity contribution < 1.29 is 4.79 Å². The maximum atomic E-state index is 10.0. The van der Waals surface area contributed by atoms with Crippen molar-refractivity contribution in [1.29, 1.82) is 0 Å². The van der Waals surface area contributed by atoms with Gasteiger partial charge in [0.05, 0.1) is 0 Å². The van der Waals surface area contributed by atoms with Gasteiger partial charge >= 0.3 is 0 Å². The highest BCUT2D eigenvalue weighted by molar-refractivity contribution is 5.75. The first-order chi connectivity index (χ1) is 2.77. The Hall–Kier alpha value is -0.330. The highest BCUT2D eigenvalue weighted by Gasteiger charge is 1.83. The Balaban J connectivity index is 2.83. The zero-order valence-electron chi connectivity index (χ0n) is 4.03. The van der Waals surface area contributed by atoms with Gasteiger partial charge in [-0.15, -0.1) is 0 Å². The van der Waals surface area contributed by atoms with Crippen LogP contribution in [0.3, 0.4) is 0 Å². The third kappa shape index (κ3) is 3.67. The van der Waals surface area contributed by atoms with Gasteiger partial charge in [0.1, 0.15) is 5.78 Å². The Morgan fingerprint density at radius 1 is 1.83 bits per heavy atom. The van der Waals surface area contributed by atoms with Crippen molar-refractivity contribution >= 4 is 5.78 Å². The monoisotopic (exact) mass is 85.1 g/mol. The molecular weight excluding hydrogens is 76.1 g/mol. The van der Waals surface area contributed by atoms with E-state index in [1.165, 1.54) is 0 Å². The van der Waals surface area contributed by atoms with Crippen LogP contribution in [-0.4, -0.2) is 5.78 Å². The zero-order valence-corrected chi connectivity index (χ0v) is 4.03. The number of carbonyl (C=O) groups is 1. The van der Waals surface area contributed by atoms with Crippen LogP contribution in [0.25, 0.3) is 0 Å². The fraction of sp³-hybridized carbons (Fsp3) is 0.600. The van der Waals surface area contributed by atoms with Crippen molar-refractivity contribution in [3.63, 3.8) is 0 Å². The van der Waals surface area contributed by atoms with Crippen LogP contribution >= 0.6 is 0 Å². The summed E-state index contributed by atoms with van der Waals surface area (Å²) in [6, 6.07) is 0. The van der Waals surface area contributed by atoms with Gasteiger partial charge in [-0.1, -0.05) is 6.92 Å². The second-order valence-corrected chi connectivity index (χ2v) is 1.31. The Morgan fingerprint density at radius 2 is 2.33 bits per heavy atom. The van der Waals surface area contributed by atoms with Crippen molar-refractivity contribution in [2.45, 2.75) is 19.8 Å². The van der Waals surface area contributed by atoms with Crippen molar-refractivity contribution in [2.75, 3.05) is 0 Å². The molecule has 0 spiro atoms. The topological polar surface area (TPSA) is 17.1 Å². The maximum Gasteiger partial charge on any atom is 0.129 e. The van der Waals surface area contributed by atoms with Gasteiger partial charge in [0, 0.05) is 6.42 Å². The highest BCUT2D eigenvalue weighted by atomic mass is 16.1. The van der Waals surface area contributed by atoms with Crippen molar-refractivity contribution in [3.8, 4) is 0 Å². The first-order valence-electron chi connectivity index (χ1n) is 2.06. The van der Waals surface area contributed by atoms with E-state index in [2.05, 4.69) is 6.92 Å². The first kappa shape index (κ1) is 5.67. The predicted octanol–water partition coefficient (Wildman–Crippen LogP) is 1.19. The summed E-state index contributed by atoms with van der Waals surface area (Å²) in [5, 5.41) is 0. The molecule has 0 fully saturated rings. The lowest BCUT2D eigenvalue weighted by Gasteiger charge is -1.80. The van der Waals surface area contributed by atoms with Gasteiger partial charge in [0.15, 0.2) is 0 Å². The fourth-order valence-corrected chi connectivity index (χ4v) is 0.249. The summed E-state index contributed by atoms with van der Waals surface area (Å²) in [5.41, 5.74) is 0. The molecule has 0 aliphatic carbocycles. The lowest BCUT2D eigenvalue weighted by Crippen LogP contribution is -1.84. The summed E-state index contributed by atoms with van der Waals surface area (Å²) in [7, 11) is 0. The standard InChI is InChI=1S/C5H9O/c1-3-4-5(2)6/h1,3-4H2,2H3. The van der Waals surface area contributed by atoms with E-state index in [1.54, 1.807) is 6.92 Å². The number of hydrogen-bond donors (Lipinski definition) is 0. The van der Waals surface area contributed by atoms with E-state index in [4.69, 9.17) is 0 Å². The predicted molar refractivity (Wildman–Crippen MR) is 25.3 cm³/mol. The molecule has 0 bridgehead atoms. The summed E-state index contributed by atoms with van der Waals surface area (Å²) < 4.78 is 0.